The van der Waals surface area contributed by atoms with Gasteiger partial charge in [0.2, 0.25) is 5.71 Å². The van der Waals surface area contributed by atoms with Crippen LogP contribution in [0.3, 0.4) is 0 Å². The fraction of sp³-hybridized carbons (Fsp3) is 0.233. The number of benzene rings is 3. The van der Waals surface area contributed by atoms with Gasteiger partial charge in [-0.15, -0.1) is 53.6 Å². The Morgan fingerprint density at radius 1 is 0.771 bits per heavy atom. The molecule has 0 spiro atoms. The van der Waals surface area contributed by atoms with E-state index >= 15 is 0 Å². The summed E-state index contributed by atoms with van der Waals surface area (Å²) in [6, 6.07) is 32.8. The fourth-order valence-electron chi connectivity index (χ4n) is 5.62. The number of aromatic nitrogens is 3. The smallest absolute Gasteiger partial charge is 0.216 e. The Bertz CT molecular complexity index is 2280. The van der Waals surface area contributed by atoms with Gasteiger partial charge in [-0.3, -0.25) is 0 Å². The van der Waals surface area contributed by atoms with Crippen LogP contribution < -0.4 is 0 Å². The minimum Gasteiger partial charge on any atom is -0.486 e. The largest absolute Gasteiger partial charge is 0.486 e. The second-order valence-corrected chi connectivity index (χ2v) is 12.8. The van der Waals surface area contributed by atoms with Gasteiger partial charge in [0.1, 0.15) is 0 Å². The molecule has 0 aliphatic heterocycles. The second-order valence-electron chi connectivity index (χ2n) is 12.8. The zero-order valence-electron chi connectivity index (χ0n) is 31.2. The number of hydrogen-bond acceptors (Lipinski definition) is 4. The summed E-state index contributed by atoms with van der Waals surface area (Å²) in [5.74, 6) is 0.637. The standard InChI is InChI=1S/C29H27N2O.C14H14N.Ir/c1-18(2)14-21-9-11-22(12-10-21)15-23-16-27(30-17-19(23)3)26-7-5-6-24-25-13-8-20(4)31-29(25)32-28(24)26;1-10-4-6-13(7-5-10)14-8-11(2)12(3)9-15-14;/h5-6,8-13,16-18H,14-15H2,1-4H3;4-6,8-9H,1-3H3;/q2*-1;/i4D3;;. The number of hydrogen-bond donors (Lipinski definition) is 0. The molecule has 245 valence electrons. The Morgan fingerprint density at radius 2 is 1.52 bits per heavy atom. The summed E-state index contributed by atoms with van der Waals surface area (Å²) in [6.07, 6.45) is 5.69. The number of rotatable bonds is 6. The molecule has 7 aromatic rings. The van der Waals surface area contributed by atoms with Gasteiger partial charge in [0, 0.05) is 47.7 Å². The van der Waals surface area contributed by atoms with E-state index in [1.54, 1.807) is 6.07 Å². The van der Waals surface area contributed by atoms with Crippen LogP contribution in [0.15, 0.2) is 95.7 Å². The van der Waals surface area contributed by atoms with Gasteiger partial charge >= 0.3 is 0 Å². The van der Waals surface area contributed by atoms with Crippen LogP contribution >= 0.6 is 0 Å². The van der Waals surface area contributed by atoms with Gasteiger partial charge in [-0.1, -0.05) is 73.7 Å². The molecule has 0 aliphatic carbocycles. The molecule has 1 radical (unpaired) electrons. The van der Waals surface area contributed by atoms with E-state index in [1.807, 2.05) is 30.6 Å². The molecule has 4 nitrogen and oxygen atoms in total. The van der Waals surface area contributed by atoms with Gasteiger partial charge < -0.3 is 14.4 Å². The minimum atomic E-state index is -2.29. The van der Waals surface area contributed by atoms with Gasteiger partial charge in [0.15, 0.2) is 0 Å². The van der Waals surface area contributed by atoms with Crippen molar-refractivity contribution in [3.63, 3.8) is 0 Å². The third-order valence-corrected chi connectivity index (χ3v) is 8.45. The van der Waals surface area contributed by atoms with Crippen LogP contribution in [-0.2, 0) is 32.9 Å². The predicted molar refractivity (Wildman–Crippen MR) is 194 cm³/mol. The van der Waals surface area contributed by atoms with Gasteiger partial charge in [-0.2, -0.15) is 0 Å². The Kier molecular flexibility index (Phi) is 9.77. The maximum Gasteiger partial charge on any atom is 0.216 e. The number of aryl methyl sites for hydroxylation is 5. The Morgan fingerprint density at radius 3 is 2.23 bits per heavy atom. The van der Waals surface area contributed by atoms with E-state index in [0.29, 0.717) is 17.2 Å². The van der Waals surface area contributed by atoms with Crippen molar-refractivity contribution < 1.29 is 28.6 Å². The van der Waals surface area contributed by atoms with Crippen LogP contribution in [0.25, 0.3) is 44.6 Å². The second kappa shape index (κ2) is 15.2. The van der Waals surface area contributed by atoms with Gasteiger partial charge in [-0.25, -0.2) is 4.98 Å². The van der Waals surface area contributed by atoms with E-state index in [0.717, 1.165) is 51.7 Å². The quantitative estimate of drug-likeness (QED) is 0.157. The summed E-state index contributed by atoms with van der Waals surface area (Å²) in [4.78, 5) is 13.3. The average Bonchev–Trinajstić information content (AvgIpc) is 3.46. The monoisotopic (exact) mass is 811 g/mol. The van der Waals surface area contributed by atoms with Crippen molar-refractivity contribution in [3.05, 3.63) is 148 Å². The van der Waals surface area contributed by atoms with Crippen LogP contribution in [0.4, 0.5) is 0 Å². The topological polar surface area (TPSA) is 51.8 Å². The Hall–Kier alpha value is -4.44. The molecular formula is C43H41IrN3O-2. The minimum absolute atomic E-state index is 0. The summed E-state index contributed by atoms with van der Waals surface area (Å²) in [5.41, 5.74) is 13.2. The van der Waals surface area contributed by atoms with Crippen LogP contribution in [0.1, 0.15) is 62.6 Å². The van der Waals surface area contributed by atoms with Gasteiger partial charge in [0.25, 0.3) is 0 Å². The summed E-state index contributed by atoms with van der Waals surface area (Å²) in [5, 5.41) is 1.64. The van der Waals surface area contributed by atoms with Crippen molar-refractivity contribution in [2.75, 3.05) is 0 Å². The van der Waals surface area contributed by atoms with Crippen molar-refractivity contribution >= 4 is 22.1 Å². The van der Waals surface area contributed by atoms with Crippen molar-refractivity contribution in [3.8, 4) is 22.5 Å². The Balaban J connectivity index is 0.000000264. The van der Waals surface area contributed by atoms with E-state index in [1.165, 1.54) is 39.4 Å². The molecule has 7 rings (SSSR count). The first kappa shape index (κ1) is 30.9. The number of fused-ring (bicyclic) bond motifs is 3. The zero-order chi connectivity index (χ0) is 35.6. The molecular weight excluding hydrogens is 767 g/mol. The number of pyridine rings is 3. The molecule has 4 aromatic heterocycles. The van der Waals surface area contributed by atoms with E-state index in [2.05, 4.69) is 117 Å². The summed E-state index contributed by atoms with van der Waals surface area (Å²) >= 11 is 0. The molecule has 0 bridgehead atoms. The molecule has 48 heavy (non-hydrogen) atoms. The number of nitrogens with zero attached hydrogens (tertiary/aromatic N) is 3. The maximum absolute atomic E-state index is 7.65. The van der Waals surface area contributed by atoms with E-state index in [-0.39, 0.29) is 25.8 Å². The van der Waals surface area contributed by atoms with E-state index in [9.17, 15) is 0 Å². The molecule has 0 atom stereocenters. The van der Waals surface area contributed by atoms with Crippen molar-refractivity contribution in [1.82, 2.24) is 15.0 Å². The van der Waals surface area contributed by atoms with Crippen LogP contribution in [0.5, 0.6) is 0 Å². The van der Waals surface area contributed by atoms with Crippen LogP contribution in [0.2, 0.25) is 0 Å². The predicted octanol–water partition coefficient (Wildman–Crippen LogP) is 10.7. The normalized spacial score (nSPS) is 12.2. The molecule has 3 aromatic carbocycles. The molecule has 0 N–H and O–H groups in total. The number of furan rings is 1. The zero-order valence-corrected chi connectivity index (χ0v) is 30.6. The third kappa shape index (κ3) is 7.98. The molecule has 0 fully saturated rings. The first-order valence-corrected chi connectivity index (χ1v) is 16.1. The molecule has 0 saturated heterocycles. The maximum atomic E-state index is 7.65. The summed E-state index contributed by atoms with van der Waals surface area (Å²) < 4.78 is 29.0. The van der Waals surface area contributed by atoms with Crippen molar-refractivity contribution in [2.24, 2.45) is 5.92 Å². The van der Waals surface area contributed by atoms with Crippen molar-refractivity contribution in [2.45, 2.75) is 61.2 Å². The van der Waals surface area contributed by atoms with Crippen LogP contribution in [0, 0.1) is 52.6 Å². The van der Waals surface area contributed by atoms with Gasteiger partial charge in [-0.05, 0) is 97.7 Å². The Labute approximate surface area is 302 Å². The molecule has 5 heteroatoms. The summed E-state index contributed by atoms with van der Waals surface area (Å²) in [6.45, 7) is 10.5. The molecule has 0 unspecified atom stereocenters. The third-order valence-electron chi connectivity index (χ3n) is 8.45. The molecule has 0 amide bonds. The molecule has 0 aliphatic rings. The summed E-state index contributed by atoms with van der Waals surface area (Å²) in [7, 11) is 0. The van der Waals surface area contributed by atoms with Crippen LogP contribution in [-0.4, -0.2) is 15.0 Å². The van der Waals surface area contributed by atoms with Gasteiger partial charge in [0.05, 0.1) is 5.58 Å². The first-order chi connectivity index (χ1) is 23.9. The SMILES string of the molecule is Cc1c[c-]c(-c2cc(C)c(C)cn2)cc1.[2H]C([2H])([2H])c1ccc2c(n1)oc1c(-c3cc(Cc4ccc(CC(C)C)cc4)c(C)cn3)[c-]ccc12.[Ir]. The average molecular weight is 811 g/mol. The molecule has 4 heterocycles. The van der Waals surface area contributed by atoms with E-state index < -0.39 is 6.85 Å². The molecule has 0 saturated carbocycles. The van der Waals surface area contributed by atoms with Crippen molar-refractivity contribution in [1.29, 1.82) is 0 Å². The fourth-order valence-corrected chi connectivity index (χ4v) is 5.62. The van der Waals surface area contributed by atoms with E-state index in [4.69, 9.17) is 8.53 Å². The first-order valence-electron chi connectivity index (χ1n) is 17.6.